The van der Waals surface area contributed by atoms with Crippen molar-refractivity contribution in [3.8, 4) is 17.2 Å². The van der Waals surface area contributed by atoms with E-state index < -0.39 is 4.92 Å². The zero-order chi connectivity index (χ0) is 19.4. The summed E-state index contributed by atoms with van der Waals surface area (Å²) in [5.41, 5.74) is 8.53. The first-order chi connectivity index (χ1) is 13.0. The number of hydrogen-bond acceptors (Lipinski definition) is 6. The summed E-state index contributed by atoms with van der Waals surface area (Å²) in [7, 11) is 2.14. The molecule has 0 aliphatic carbocycles. The van der Waals surface area contributed by atoms with E-state index >= 15 is 0 Å². The Bertz CT molecular complexity index is 890. The number of anilines is 1. The average molecular weight is 365 g/mol. The molecule has 1 saturated heterocycles. The molecule has 0 aromatic heterocycles. The Labute approximate surface area is 158 Å². The number of benzene rings is 2. The molecule has 140 valence electrons. The molecule has 0 saturated carbocycles. The molecule has 27 heavy (non-hydrogen) atoms. The van der Waals surface area contributed by atoms with Gasteiger partial charge in [0.15, 0.2) is 0 Å². The van der Waals surface area contributed by atoms with Gasteiger partial charge in [-0.2, -0.15) is 5.26 Å². The lowest BCUT2D eigenvalue weighted by atomic mass is 9.97. The normalized spacial score (nSPS) is 15.9. The van der Waals surface area contributed by atoms with Gasteiger partial charge in [-0.15, -0.1) is 0 Å². The van der Waals surface area contributed by atoms with Crippen molar-refractivity contribution < 1.29 is 4.92 Å². The Balaban J connectivity index is 1.86. The van der Waals surface area contributed by atoms with Gasteiger partial charge in [0.1, 0.15) is 5.69 Å². The van der Waals surface area contributed by atoms with Crippen LogP contribution in [0.3, 0.4) is 0 Å². The summed E-state index contributed by atoms with van der Waals surface area (Å²) < 4.78 is 0. The summed E-state index contributed by atoms with van der Waals surface area (Å²) in [5.74, 6) is 0. The highest BCUT2D eigenvalue weighted by molar-refractivity contribution is 5.76. The number of nitrogen functional groups attached to an aromatic ring is 1. The number of nitrogens with zero attached hydrogens (tertiary/aromatic N) is 4. The number of nitro benzene ring substituents is 1. The quantitative estimate of drug-likeness (QED) is 0.508. The standard InChI is InChI=1S/C20H23N5O2/c1-23-7-2-8-24(10-9-23)14-15-3-5-18(17(11-15)13-21)16-4-6-19(22)20(12-16)25(26)27/h3-6,11-12H,2,7-10,14,22H2,1H3. The van der Waals surface area contributed by atoms with Crippen molar-refractivity contribution in [2.24, 2.45) is 0 Å². The highest BCUT2D eigenvalue weighted by Crippen LogP contribution is 2.31. The largest absolute Gasteiger partial charge is 0.393 e. The lowest BCUT2D eigenvalue weighted by molar-refractivity contribution is -0.383. The van der Waals surface area contributed by atoms with Gasteiger partial charge in [-0.05, 0) is 55.4 Å². The van der Waals surface area contributed by atoms with E-state index in [2.05, 4.69) is 22.9 Å². The van der Waals surface area contributed by atoms with Crippen LogP contribution in [0, 0.1) is 21.4 Å². The predicted molar refractivity (Wildman–Crippen MR) is 105 cm³/mol. The van der Waals surface area contributed by atoms with Crippen LogP contribution < -0.4 is 5.73 Å². The molecule has 0 amide bonds. The number of likely N-dealkylation sites (N-methyl/N-ethyl adjacent to an activating group) is 1. The van der Waals surface area contributed by atoms with E-state index in [1.165, 1.54) is 12.1 Å². The Morgan fingerprint density at radius 2 is 2.00 bits per heavy atom. The van der Waals surface area contributed by atoms with E-state index in [0.29, 0.717) is 16.7 Å². The van der Waals surface area contributed by atoms with E-state index in [4.69, 9.17) is 5.73 Å². The fourth-order valence-corrected chi connectivity index (χ4v) is 3.42. The van der Waals surface area contributed by atoms with E-state index in [1.54, 1.807) is 6.07 Å². The molecule has 2 N–H and O–H groups in total. The Hall–Kier alpha value is -2.95. The third-order valence-electron chi connectivity index (χ3n) is 4.96. The van der Waals surface area contributed by atoms with Crippen molar-refractivity contribution in [1.29, 1.82) is 5.26 Å². The van der Waals surface area contributed by atoms with Crippen LogP contribution in [-0.4, -0.2) is 47.9 Å². The minimum Gasteiger partial charge on any atom is -0.393 e. The van der Waals surface area contributed by atoms with Gasteiger partial charge in [-0.3, -0.25) is 15.0 Å². The molecule has 1 heterocycles. The fraction of sp³-hybridized carbons (Fsp3) is 0.350. The van der Waals surface area contributed by atoms with Crippen LogP contribution in [0.4, 0.5) is 11.4 Å². The molecule has 1 fully saturated rings. The molecule has 2 aromatic carbocycles. The second-order valence-electron chi connectivity index (χ2n) is 6.96. The zero-order valence-corrected chi connectivity index (χ0v) is 15.4. The first kappa shape index (κ1) is 18.8. The van der Waals surface area contributed by atoms with Crippen molar-refractivity contribution in [3.05, 3.63) is 57.6 Å². The van der Waals surface area contributed by atoms with E-state index in [1.807, 2.05) is 18.2 Å². The Morgan fingerprint density at radius 1 is 1.19 bits per heavy atom. The van der Waals surface area contributed by atoms with Crippen LogP contribution in [-0.2, 0) is 6.54 Å². The molecule has 0 spiro atoms. The number of rotatable bonds is 4. The molecule has 0 bridgehead atoms. The van der Waals surface area contributed by atoms with Gasteiger partial charge in [0.05, 0.1) is 16.6 Å². The third-order valence-corrected chi connectivity index (χ3v) is 4.96. The van der Waals surface area contributed by atoms with Crippen molar-refractivity contribution in [2.45, 2.75) is 13.0 Å². The molecule has 7 nitrogen and oxygen atoms in total. The van der Waals surface area contributed by atoms with Gasteiger partial charge in [0.2, 0.25) is 0 Å². The molecule has 0 unspecified atom stereocenters. The van der Waals surface area contributed by atoms with Crippen molar-refractivity contribution in [1.82, 2.24) is 9.80 Å². The van der Waals surface area contributed by atoms with E-state index in [0.717, 1.165) is 44.7 Å². The van der Waals surface area contributed by atoms with Crippen molar-refractivity contribution in [3.63, 3.8) is 0 Å². The molecule has 3 rings (SSSR count). The highest BCUT2D eigenvalue weighted by Gasteiger charge is 2.16. The summed E-state index contributed by atoms with van der Waals surface area (Å²) in [6.07, 6.45) is 1.13. The molecule has 0 radical (unpaired) electrons. The van der Waals surface area contributed by atoms with Crippen LogP contribution in [0.25, 0.3) is 11.1 Å². The lowest BCUT2D eigenvalue weighted by Crippen LogP contribution is -2.28. The predicted octanol–water partition coefficient (Wildman–Crippen LogP) is 2.85. The average Bonchev–Trinajstić information content (AvgIpc) is 2.86. The van der Waals surface area contributed by atoms with Gasteiger partial charge in [0.25, 0.3) is 5.69 Å². The maximum absolute atomic E-state index is 11.1. The smallest absolute Gasteiger partial charge is 0.292 e. The minimum absolute atomic E-state index is 0.116. The SMILES string of the molecule is CN1CCCN(Cc2ccc(-c3ccc(N)c([N+](=O)[O-])c3)c(C#N)c2)CC1. The maximum atomic E-state index is 11.1. The van der Waals surface area contributed by atoms with Gasteiger partial charge in [-0.1, -0.05) is 18.2 Å². The first-order valence-corrected chi connectivity index (χ1v) is 8.96. The molecular weight excluding hydrogens is 342 g/mol. The highest BCUT2D eigenvalue weighted by atomic mass is 16.6. The van der Waals surface area contributed by atoms with Gasteiger partial charge in [0, 0.05) is 25.7 Å². The number of hydrogen-bond donors (Lipinski definition) is 1. The Morgan fingerprint density at radius 3 is 2.74 bits per heavy atom. The summed E-state index contributed by atoms with van der Waals surface area (Å²) in [4.78, 5) is 15.4. The van der Waals surface area contributed by atoms with Crippen LogP contribution in [0.1, 0.15) is 17.5 Å². The van der Waals surface area contributed by atoms with Crippen molar-refractivity contribution in [2.75, 3.05) is 39.0 Å². The fourth-order valence-electron chi connectivity index (χ4n) is 3.42. The zero-order valence-electron chi connectivity index (χ0n) is 15.4. The molecule has 7 heteroatoms. The van der Waals surface area contributed by atoms with Gasteiger partial charge < -0.3 is 10.6 Å². The molecule has 0 atom stereocenters. The minimum atomic E-state index is -0.504. The number of nitro groups is 1. The second kappa shape index (κ2) is 8.16. The molecule has 1 aliphatic heterocycles. The topological polar surface area (TPSA) is 99.4 Å². The summed E-state index contributed by atoms with van der Waals surface area (Å²) >= 11 is 0. The van der Waals surface area contributed by atoms with Crippen molar-refractivity contribution >= 4 is 11.4 Å². The summed E-state index contributed by atoms with van der Waals surface area (Å²) in [6, 6.07) is 12.6. The number of nitrogens with two attached hydrogens (primary N) is 1. The third kappa shape index (κ3) is 4.42. The monoisotopic (exact) mass is 365 g/mol. The molecule has 2 aromatic rings. The Kier molecular flexibility index (Phi) is 5.69. The van der Waals surface area contributed by atoms with Crippen LogP contribution in [0.5, 0.6) is 0 Å². The lowest BCUT2D eigenvalue weighted by Gasteiger charge is -2.20. The van der Waals surface area contributed by atoms with E-state index in [9.17, 15) is 15.4 Å². The number of nitriles is 1. The van der Waals surface area contributed by atoms with Crippen LogP contribution in [0.2, 0.25) is 0 Å². The van der Waals surface area contributed by atoms with E-state index in [-0.39, 0.29) is 11.4 Å². The van der Waals surface area contributed by atoms with Crippen LogP contribution >= 0.6 is 0 Å². The van der Waals surface area contributed by atoms with Gasteiger partial charge in [-0.25, -0.2) is 0 Å². The first-order valence-electron chi connectivity index (χ1n) is 8.96. The summed E-state index contributed by atoms with van der Waals surface area (Å²) in [5, 5.41) is 20.7. The molecular formula is C20H23N5O2. The van der Waals surface area contributed by atoms with Gasteiger partial charge >= 0.3 is 0 Å². The van der Waals surface area contributed by atoms with Crippen LogP contribution in [0.15, 0.2) is 36.4 Å². The summed E-state index contributed by atoms with van der Waals surface area (Å²) in [6.45, 7) is 4.99. The maximum Gasteiger partial charge on any atom is 0.292 e. The second-order valence-corrected chi connectivity index (χ2v) is 6.96. The molecule has 1 aliphatic rings.